The molecule has 0 fully saturated rings. The number of nitrogens with two attached hydrogens (primary N) is 1. The van der Waals surface area contributed by atoms with Crippen LogP contribution in [0.25, 0.3) is 0 Å². The second-order valence-corrected chi connectivity index (χ2v) is 3.85. The van der Waals surface area contributed by atoms with Crippen LogP contribution in [0.3, 0.4) is 0 Å². The molecule has 0 spiro atoms. The Balaban J connectivity index is 3.08. The fourth-order valence-corrected chi connectivity index (χ4v) is 1.56. The molecule has 0 aliphatic rings. The van der Waals surface area contributed by atoms with Gasteiger partial charge in [0.05, 0.1) is 5.56 Å². The first kappa shape index (κ1) is 12.8. The van der Waals surface area contributed by atoms with Crippen LogP contribution in [-0.4, -0.2) is 0 Å². The Hall–Kier alpha value is -1.29. The van der Waals surface area contributed by atoms with Gasteiger partial charge in [0, 0.05) is 6.04 Å². The SMILES string of the molecule is C=C(C)C[C@@H](N)c1ccccc1C(F)(F)F. The van der Waals surface area contributed by atoms with Gasteiger partial charge in [-0.1, -0.05) is 23.8 Å². The summed E-state index contributed by atoms with van der Waals surface area (Å²) in [5, 5.41) is 0. The van der Waals surface area contributed by atoms with Crippen molar-refractivity contribution in [2.45, 2.75) is 25.6 Å². The summed E-state index contributed by atoms with van der Waals surface area (Å²) in [5.74, 6) is 0. The molecule has 1 aromatic rings. The van der Waals surface area contributed by atoms with Gasteiger partial charge in [-0.3, -0.25) is 0 Å². The van der Waals surface area contributed by atoms with Crippen molar-refractivity contribution in [2.75, 3.05) is 0 Å². The maximum atomic E-state index is 12.7. The van der Waals surface area contributed by atoms with Crippen molar-refractivity contribution < 1.29 is 13.2 Å². The monoisotopic (exact) mass is 229 g/mol. The molecule has 4 heteroatoms. The predicted octanol–water partition coefficient (Wildman–Crippen LogP) is 3.67. The summed E-state index contributed by atoms with van der Waals surface area (Å²) in [6.07, 6.45) is -4.00. The van der Waals surface area contributed by atoms with Crippen molar-refractivity contribution in [1.82, 2.24) is 0 Å². The normalized spacial score (nSPS) is 13.6. The number of halogens is 3. The van der Waals surface area contributed by atoms with E-state index in [4.69, 9.17) is 5.73 Å². The zero-order valence-corrected chi connectivity index (χ0v) is 9.01. The molecule has 0 radical (unpaired) electrons. The lowest BCUT2D eigenvalue weighted by molar-refractivity contribution is -0.138. The van der Waals surface area contributed by atoms with Crippen molar-refractivity contribution >= 4 is 0 Å². The smallest absolute Gasteiger partial charge is 0.324 e. The number of benzene rings is 1. The van der Waals surface area contributed by atoms with Crippen molar-refractivity contribution in [3.05, 3.63) is 47.5 Å². The molecule has 0 saturated heterocycles. The average molecular weight is 229 g/mol. The van der Waals surface area contributed by atoms with E-state index in [1.54, 1.807) is 13.0 Å². The van der Waals surface area contributed by atoms with Crippen molar-refractivity contribution in [1.29, 1.82) is 0 Å². The molecule has 0 bridgehead atoms. The lowest BCUT2D eigenvalue weighted by Crippen LogP contribution is -2.17. The third-order valence-corrected chi connectivity index (χ3v) is 2.23. The lowest BCUT2D eigenvalue weighted by Gasteiger charge is -2.18. The lowest BCUT2D eigenvalue weighted by atomic mass is 9.96. The third-order valence-electron chi connectivity index (χ3n) is 2.23. The van der Waals surface area contributed by atoms with Crippen LogP contribution in [0.2, 0.25) is 0 Å². The molecule has 0 aliphatic carbocycles. The zero-order valence-electron chi connectivity index (χ0n) is 9.01. The van der Waals surface area contributed by atoms with Gasteiger partial charge < -0.3 is 5.73 Å². The van der Waals surface area contributed by atoms with E-state index in [0.29, 0.717) is 6.42 Å². The summed E-state index contributed by atoms with van der Waals surface area (Å²) in [4.78, 5) is 0. The second-order valence-electron chi connectivity index (χ2n) is 3.85. The number of alkyl halides is 3. The van der Waals surface area contributed by atoms with E-state index in [-0.39, 0.29) is 5.56 Å². The van der Waals surface area contributed by atoms with E-state index in [0.717, 1.165) is 11.6 Å². The second kappa shape index (κ2) is 4.70. The Morgan fingerprint density at radius 1 is 1.38 bits per heavy atom. The molecule has 0 aromatic heterocycles. The van der Waals surface area contributed by atoms with Gasteiger partial charge in [0.15, 0.2) is 0 Å². The van der Waals surface area contributed by atoms with Gasteiger partial charge in [0.2, 0.25) is 0 Å². The number of hydrogen-bond acceptors (Lipinski definition) is 1. The highest BCUT2D eigenvalue weighted by Gasteiger charge is 2.34. The fourth-order valence-electron chi connectivity index (χ4n) is 1.56. The van der Waals surface area contributed by atoms with Crippen molar-refractivity contribution in [3.63, 3.8) is 0 Å². The highest BCUT2D eigenvalue weighted by atomic mass is 19.4. The Morgan fingerprint density at radius 2 is 1.94 bits per heavy atom. The maximum absolute atomic E-state index is 12.7. The van der Waals surface area contributed by atoms with Gasteiger partial charge in [-0.25, -0.2) is 0 Å². The van der Waals surface area contributed by atoms with Crippen LogP contribution in [-0.2, 0) is 6.18 Å². The van der Waals surface area contributed by atoms with Crippen LogP contribution in [0.15, 0.2) is 36.4 Å². The van der Waals surface area contributed by atoms with Gasteiger partial charge in [-0.15, -0.1) is 6.58 Å². The standard InChI is InChI=1S/C12H14F3N/c1-8(2)7-11(16)9-5-3-4-6-10(9)12(13,14)15/h3-6,11H,1,7,16H2,2H3/t11-/m1/s1. The summed E-state index contributed by atoms with van der Waals surface area (Å²) < 4.78 is 38.0. The summed E-state index contributed by atoms with van der Waals surface area (Å²) in [6, 6.07) is 4.72. The van der Waals surface area contributed by atoms with E-state index >= 15 is 0 Å². The molecule has 0 saturated carbocycles. The number of rotatable bonds is 3. The highest BCUT2D eigenvalue weighted by Crippen LogP contribution is 2.35. The predicted molar refractivity (Wildman–Crippen MR) is 57.8 cm³/mol. The molecule has 16 heavy (non-hydrogen) atoms. The van der Waals surface area contributed by atoms with Crippen LogP contribution in [0, 0.1) is 0 Å². The molecular formula is C12H14F3N. The Kier molecular flexibility index (Phi) is 3.75. The molecule has 0 heterocycles. The van der Waals surface area contributed by atoms with Gasteiger partial charge in [0.1, 0.15) is 0 Å². The molecule has 1 atom stereocenters. The van der Waals surface area contributed by atoms with E-state index in [1.165, 1.54) is 12.1 Å². The summed E-state index contributed by atoms with van der Waals surface area (Å²) >= 11 is 0. The molecular weight excluding hydrogens is 215 g/mol. The van der Waals surface area contributed by atoms with Crippen LogP contribution in [0.4, 0.5) is 13.2 Å². The molecule has 2 N–H and O–H groups in total. The Labute approximate surface area is 92.8 Å². The van der Waals surface area contributed by atoms with Crippen molar-refractivity contribution in [2.24, 2.45) is 5.73 Å². The first-order chi connectivity index (χ1) is 7.32. The van der Waals surface area contributed by atoms with Gasteiger partial charge >= 0.3 is 6.18 Å². The van der Waals surface area contributed by atoms with Gasteiger partial charge in [-0.05, 0) is 25.0 Å². The Morgan fingerprint density at radius 3 is 2.44 bits per heavy atom. The van der Waals surface area contributed by atoms with Crippen LogP contribution in [0.1, 0.15) is 30.5 Å². The number of hydrogen-bond donors (Lipinski definition) is 1. The van der Waals surface area contributed by atoms with Crippen molar-refractivity contribution in [3.8, 4) is 0 Å². The topological polar surface area (TPSA) is 26.0 Å². The quantitative estimate of drug-likeness (QED) is 0.786. The molecule has 0 aliphatic heterocycles. The van der Waals surface area contributed by atoms with Gasteiger partial charge in [-0.2, -0.15) is 13.2 Å². The van der Waals surface area contributed by atoms with Crippen LogP contribution >= 0.6 is 0 Å². The van der Waals surface area contributed by atoms with E-state index in [9.17, 15) is 13.2 Å². The fraction of sp³-hybridized carbons (Fsp3) is 0.333. The minimum Gasteiger partial charge on any atom is -0.324 e. The average Bonchev–Trinajstić information content (AvgIpc) is 2.15. The highest BCUT2D eigenvalue weighted by molar-refractivity contribution is 5.32. The molecule has 1 aromatic carbocycles. The first-order valence-corrected chi connectivity index (χ1v) is 4.88. The molecule has 1 nitrogen and oxygen atoms in total. The maximum Gasteiger partial charge on any atom is 0.416 e. The zero-order chi connectivity index (χ0) is 12.3. The molecule has 88 valence electrons. The molecule has 1 rings (SSSR count). The minimum absolute atomic E-state index is 0.123. The Bertz CT molecular complexity index is 382. The third kappa shape index (κ3) is 3.10. The summed E-state index contributed by atoms with van der Waals surface area (Å²) in [7, 11) is 0. The molecule has 0 amide bonds. The van der Waals surface area contributed by atoms with E-state index < -0.39 is 17.8 Å². The largest absolute Gasteiger partial charge is 0.416 e. The summed E-state index contributed by atoms with van der Waals surface area (Å²) in [6.45, 7) is 5.40. The van der Waals surface area contributed by atoms with Crippen LogP contribution < -0.4 is 5.73 Å². The summed E-state index contributed by atoms with van der Waals surface area (Å²) in [5.41, 5.74) is 5.96. The van der Waals surface area contributed by atoms with Crippen LogP contribution in [0.5, 0.6) is 0 Å². The molecule has 0 unspecified atom stereocenters. The minimum atomic E-state index is -4.36. The van der Waals surface area contributed by atoms with E-state index in [1.807, 2.05) is 0 Å². The van der Waals surface area contributed by atoms with Gasteiger partial charge in [0.25, 0.3) is 0 Å². The first-order valence-electron chi connectivity index (χ1n) is 4.88. The van der Waals surface area contributed by atoms with E-state index in [2.05, 4.69) is 6.58 Å².